The molecule has 1 rings (SSSR count). The Labute approximate surface area is 104 Å². The van der Waals surface area contributed by atoms with Crippen molar-refractivity contribution in [1.29, 1.82) is 0 Å². The Hall–Kier alpha value is -1.31. The highest BCUT2D eigenvalue weighted by Crippen LogP contribution is 2.19. The van der Waals surface area contributed by atoms with Crippen molar-refractivity contribution in [2.45, 2.75) is 53.1 Å². The molecule has 0 aromatic heterocycles. The van der Waals surface area contributed by atoms with Crippen LogP contribution in [0.2, 0.25) is 0 Å². The molecule has 1 atom stereocenters. The first kappa shape index (κ1) is 13.8. The fraction of sp³-hybridized carbons (Fsp3) is 0.533. The summed E-state index contributed by atoms with van der Waals surface area (Å²) in [6, 6.07) is 0. The van der Waals surface area contributed by atoms with Crippen LogP contribution in [0.1, 0.15) is 47.0 Å². The lowest BCUT2D eigenvalue weighted by Gasteiger charge is -2.09. The summed E-state index contributed by atoms with van der Waals surface area (Å²) in [4.78, 5) is 11.0. The van der Waals surface area contributed by atoms with Crippen molar-refractivity contribution >= 4 is 5.97 Å². The van der Waals surface area contributed by atoms with Gasteiger partial charge in [0.1, 0.15) is 6.10 Å². The SMILES string of the molecule is CC(C)=CCC/C(C)=C/CC1OC(=O)C=C1C. The van der Waals surface area contributed by atoms with Crippen molar-refractivity contribution < 1.29 is 9.53 Å². The molecule has 0 aliphatic carbocycles. The van der Waals surface area contributed by atoms with Gasteiger partial charge in [0.25, 0.3) is 0 Å². The van der Waals surface area contributed by atoms with Gasteiger partial charge in [-0.1, -0.05) is 23.3 Å². The molecular formula is C15H22O2. The van der Waals surface area contributed by atoms with Gasteiger partial charge in [0.05, 0.1) is 0 Å². The lowest BCUT2D eigenvalue weighted by Crippen LogP contribution is -2.09. The van der Waals surface area contributed by atoms with Crippen molar-refractivity contribution in [3.05, 3.63) is 34.9 Å². The summed E-state index contributed by atoms with van der Waals surface area (Å²) in [7, 11) is 0. The molecule has 0 amide bonds. The van der Waals surface area contributed by atoms with Gasteiger partial charge in [0.15, 0.2) is 0 Å². The molecule has 17 heavy (non-hydrogen) atoms. The lowest BCUT2D eigenvalue weighted by atomic mass is 10.1. The van der Waals surface area contributed by atoms with Gasteiger partial charge in [-0.3, -0.25) is 0 Å². The fourth-order valence-corrected chi connectivity index (χ4v) is 1.78. The van der Waals surface area contributed by atoms with E-state index in [2.05, 4.69) is 32.9 Å². The number of cyclic esters (lactones) is 1. The third kappa shape index (κ3) is 5.03. The van der Waals surface area contributed by atoms with Crippen LogP contribution in [0, 0.1) is 0 Å². The van der Waals surface area contributed by atoms with Crippen LogP contribution in [0.5, 0.6) is 0 Å². The number of allylic oxidation sites excluding steroid dienone is 3. The molecule has 0 aromatic rings. The second-order valence-electron chi connectivity index (χ2n) is 4.92. The molecule has 1 heterocycles. The molecule has 0 fully saturated rings. The molecular weight excluding hydrogens is 212 g/mol. The molecule has 0 saturated carbocycles. The first-order chi connectivity index (χ1) is 7.99. The van der Waals surface area contributed by atoms with E-state index in [1.807, 2.05) is 6.92 Å². The first-order valence-corrected chi connectivity index (χ1v) is 6.17. The van der Waals surface area contributed by atoms with E-state index in [1.165, 1.54) is 11.1 Å². The van der Waals surface area contributed by atoms with Crippen LogP contribution >= 0.6 is 0 Å². The smallest absolute Gasteiger partial charge is 0.331 e. The van der Waals surface area contributed by atoms with Gasteiger partial charge < -0.3 is 4.74 Å². The van der Waals surface area contributed by atoms with Crippen LogP contribution in [-0.2, 0) is 9.53 Å². The van der Waals surface area contributed by atoms with Gasteiger partial charge in [-0.25, -0.2) is 4.79 Å². The van der Waals surface area contributed by atoms with E-state index in [0.29, 0.717) is 0 Å². The van der Waals surface area contributed by atoms with Gasteiger partial charge in [0, 0.05) is 12.5 Å². The van der Waals surface area contributed by atoms with Crippen LogP contribution in [0.4, 0.5) is 0 Å². The Bertz CT molecular complexity index is 368. The zero-order valence-corrected chi connectivity index (χ0v) is 11.2. The van der Waals surface area contributed by atoms with Crippen LogP contribution in [0.3, 0.4) is 0 Å². The van der Waals surface area contributed by atoms with Crippen molar-refractivity contribution in [3.63, 3.8) is 0 Å². The third-order valence-electron chi connectivity index (χ3n) is 2.88. The van der Waals surface area contributed by atoms with E-state index in [4.69, 9.17) is 4.74 Å². The summed E-state index contributed by atoms with van der Waals surface area (Å²) in [6.45, 7) is 8.31. The number of ether oxygens (including phenoxy) is 1. The Balaban J connectivity index is 2.36. The highest BCUT2D eigenvalue weighted by atomic mass is 16.5. The number of esters is 1. The Kier molecular flexibility index (Phi) is 5.20. The fourth-order valence-electron chi connectivity index (χ4n) is 1.78. The monoisotopic (exact) mass is 234 g/mol. The summed E-state index contributed by atoms with van der Waals surface area (Å²) in [5, 5.41) is 0. The van der Waals surface area contributed by atoms with Gasteiger partial charge in [-0.05, 0) is 46.1 Å². The molecule has 1 aliphatic heterocycles. The summed E-state index contributed by atoms with van der Waals surface area (Å²) < 4.78 is 5.18. The predicted molar refractivity (Wildman–Crippen MR) is 70.7 cm³/mol. The molecule has 1 aliphatic rings. The van der Waals surface area contributed by atoms with Crippen molar-refractivity contribution in [1.82, 2.24) is 0 Å². The van der Waals surface area contributed by atoms with Gasteiger partial charge in [-0.15, -0.1) is 0 Å². The van der Waals surface area contributed by atoms with E-state index < -0.39 is 0 Å². The maximum atomic E-state index is 11.0. The zero-order valence-electron chi connectivity index (χ0n) is 11.2. The van der Waals surface area contributed by atoms with E-state index >= 15 is 0 Å². The summed E-state index contributed by atoms with van der Waals surface area (Å²) in [6.07, 6.45) is 8.93. The normalized spacial score (nSPS) is 20.0. The minimum absolute atomic E-state index is 0.0408. The summed E-state index contributed by atoms with van der Waals surface area (Å²) in [5.41, 5.74) is 3.75. The predicted octanol–water partition coefficient (Wildman–Crippen LogP) is 3.94. The van der Waals surface area contributed by atoms with Gasteiger partial charge >= 0.3 is 5.97 Å². The lowest BCUT2D eigenvalue weighted by molar-refractivity contribution is -0.138. The molecule has 0 spiro atoms. The first-order valence-electron chi connectivity index (χ1n) is 6.17. The van der Waals surface area contributed by atoms with Crippen molar-refractivity contribution in [3.8, 4) is 0 Å². The molecule has 1 unspecified atom stereocenters. The van der Waals surface area contributed by atoms with Crippen LogP contribution < -0.4 is 0 Å². The number of carbonyl (C=O) groups is 1. The Morgan fingerprint density at radius 3 is 2.59 bits per heavy atom. The molecule has 2 heteroatoms. The number of carbonyl (C=O) groups excluding carboxylic acids is 1. The van der Waals surface area contributed by atoms with Crippen LogP contribution in [-0.4, -0.2) is 12.1 Å². The minimum Gasteiger partial charge on any atom is -0.454 e. The standard InChI is InChI=1S/C15H22O2/c1-11(2)6-5-7-12(3)8-9-14-13(4)10-15(16)17-14/h6,8,10,14H,5,7,9H2,1-4H3/b12-8+. The minimum atomic E-state index is -0.205. The molecule has 0 N–H and O–H groups in total. The van der Waals surface area contributed by atoms with Crippen molar-refractivity contribution in [2.24, 2.45) is 0 Å². The summed E-state index contributed by atoms with van der Waals surface area (Å²) >= 11 is 0. The second kappa shape index (κ2) is 6.43. The average molecular weight is 234 g/mol. The zero-order chi connectivity index (χ0) is 12.8. The van der Waals surface area contributed by atoms with E-state index in [1.54, 1.807) is 6.08 Å². The quantitative estimate of drug-likeness (QED) is 0.532. The van der Waals surface area contributed by atoms with E-state index in [9.17, 15) is 4.79 Å². The summed E-state index contributed by atoms with van der Waals surface area (Å²) in [5.74, 6) is -0.205. The largest absolute Gasteiger partial charge is 0.454 e. The maximum absolute atomic E-state index is 11.0. The highest BCUT2D eigenvalue weighted by Gasteiger charge is 2.21. The van der Waals surface area contributed by atoms with Crippen LogP contribution in [0.15, 0.2) is 34.9 Å². The van der Waals surface area contributed by atoms with Crippen molar-refractivity contribution in [2.75, 3.05) is 0 Å². The molecule has 0 bridgehead atoms. The Morgan fingerprint density at radius 1 is 1.35 bits per heavy atom. The molecule has 2 nitrogen and oxygen atoms in total. The topological polar surface area (TPSA) is 26.3 Å². The van der Waals surface area contributed by atoms with Crippen LogP contribution in [0.25, 0.3) is 0 Å². The average Bonchev–Trinajstić information content (AvgIpc) is 2.54. The number of hydrogen-bond acceptors (Lipinski definition) is 2. The number of rotatable bonds is 5. The van der Waals surface area contributed by atoms with E-state index in [0.717, 1.165) is 24.8 Å². The maximum Gasteiger partial charge on any atom is 0.331 e. The molecule has 0 saturated heterocycles. The van der Waals surface area contributed by atoms with Gasteiger partial charge in [-0.2, -0.15) is 0 Å². The Morgan fingerprint density at radius 2 is 2.06 bits per heavy atom. The third-order valence-corrected chi connectivity index (χ3v) is 2.88. The molecule has 94 valence electrons. The molecule has 0 radical (unpaired) electrons. The second-order valence-corrected chi connectivity index (χ2v) is 4.92. The molecule has 0 aromatic carbocycles. The highest BCUT2D eigenvalue weighted by molar-refractivity contribution is 5.85. The van der Waals surface area contributed by atoms with Gasteiger partial charge in [0.2, 0.25) is 0 Å². The number of hydrogen-bond donors (Lipinski definition) is 0. The van der Waals surface area contributed by atoms with E-state index in [-0.39, 0.29) is 12.1 Å².